The third-order valence-corrected chi connectivity index (χ3v) is 4.52. The van der Waals surface area contributed by atoms with Crippen LogP contribution in [-0.2, 0) is 4.79 Å². The van der Waals surface area contributed by atoms with Gasteiger partial charge in [-0.25, -0.2) is 9.07 Å². The van der Waals surface area contributed by atoms with Crippen molar-refractivity contribution in [2.24, 2.45) is 0 Å². The number of nitrogens with zero attached hydrogens (tertiary/aromatic N) is 2. The van der Waals surface area contributed by atoms with Crippen molar-refractivity contribution in [3.63, 3.8) is 0 Å². The van der Waals surface area contributed by atoms with Gasteiger partial charge in [0.1, 0.15) is 12.4 Å². The molecule has 1 amide bonds. The number of carboxylic acid groups (broad SMARTS) is 1. The van der Waals surface area contributed by atoms with Crippen molar-refractivity contribution in [3.8, 4) is 11.6 Å². The number of aromatic nitrogens is 2. The SMILES string of the molecule is CC(C)NC(=O)c1nn(-c2ccc(F)cc2)c(OC[C@@H](O)C[C@@H](O)CC(=O)[O-])c1C(C)C.[Na+]. The normalized spacial score (nSPS) is 12.9. The van der Waals surface area contributed by atoms with Crippen LogP contribution in [0.5, 0.6) is 5.88 Å². The number of nitrogens with one attached hydrogen (secondary N) is 1. The van der Waals surface area contributed by atoms with E-state index in [0.29, 0.717) is 11.3 Å². The summed E-state index contributed by atoms with van der Waals surface area (Å²) in [6.07, 6.45) is -3.33. The summed E-state index contributed by atoms with van der Waals surface area (Å²) in [4.78, 5) is 23.4. The van der Waals surface area contributed by atoms with Crippen molar-refractivity contribution in [1.29, 1.82) is 0 Å². The van der Waals surface area contributed by atoms with Crippen molar-refractivity contribution < 1.29 is 63.6 Å². The van der Waals surface area contributed by atoms with Crippen LogP contribution in [0.2, 0.25) is 0 Å². The molecular weight excluding hydrogens is 444 g/mol. The number of aliphatic hydroxyl groups excluding tert-OH is 2. The molecular formula is C22H29FN3NaO6. The zero-order chi connectivity index (χ0) is 24.0. The Morgan fingerprint density at radius 3 is 2.27 bits per heavy atom. The van der Waals surface area contributed by atoms with Gasteiger partial charge in [0.2, 0.25) is 5.88 Å². The quantitative estimate of drug-likeness (QED) is 0.318. The van der Waals surface area contributed by atoms with Gasteiger partial charge in [-0.1, -0.05) is 13.8 Å². The van der Waals surface area contributed by atoms with Crippen LogP contribution in [0.15, 0.2) is 24.3 Å². The van der Waals surface area contributed by atoms with Gasteiger partial charge in [-0.15, -0.1) is 0 Å². The zero-order valence-corrected chi connectivity index (χ0v) is 21.5. The smallest absolute Gasteiger partial charge is 0.550 e. The first-order valence-electron chi connectivity index (χ1n) is 10.4. The molecule has 0 bridgehead atoms. The monoisotopic (exact) mass is 473 g/mol. The number of hydrogen-bond acceptors (Lipinski definition) is 7. The third-order valence-electron chi connectivity index (χ3n) is 4.52. The maximum Gasteiger partial charge on any atom is 1.00 e. The number of benzene rings is 1. The first kappa shape index (κ1) is 29.1. The van der Waals surface area contributed by atoms with E-state index >= 15 is 0 Å². The summed E-state index contributed by atoms with van der Waals surface area (Å²) in [5.74, 6) is -2.27. The molecule has 0 radical (unpaired) electrons. The van der Waals surface area contributed by atoms with Crippen molar-refractivity contribution in [1.82, 2.24) is 15.1 Å². The van der Waals surface area contributed by atoms with Gasteiger partial charge >= 0.3 is 29.6 Å². The maximum atomic E-state index is 13.4. The number of carboxylic acids is 1. The molecule has 0 aliphatic rings. The van der Waals surface area contributed by atoms with E-state index in [0.717, 1.165) is 0 Å². The second kappa shape index (κ2) is 13.0. The summed E-state index contributed by atoms with van der Waals surface area (Å²) >= 11 is 0. The van der Waals surface area contributed by atoms with Gasteiger partial charge in [0.25, 0.3) is 5.91 Å². The van der Waals surface area contributed by atoms with E-state index in [2.05, 4.69) is 10.4 Å². The third kappa shape index (κ3) is 8.38. The fourth-order valence-corrected chi connectivity index (χ4v) is 3.16. The average molecular weight is 473 g/mol. The number of hydrogen-bond donors (Lipinski definition) is 3. The van der Waals surface area contributed by atoms with E-state index in [1.807, 2.05) is 27.7 Å². The fraction of sp³-hybridized carbons (Fsp3) is 0.500. The van der Waals surface area contributed by atoms with Crippen LogP contribution < -0.4 is 44.7 Å². The molecule has 0 unspecified atom stereocenters. The van der Waals surface area contributed by atoms with Gasteiger partial charge in [0.05, 0.1) is 17.9 Å². The number of halogens is 1. The van der Waals surface area contributed by atoms with E-state index in [4.69, 9.17) is 4.74 Å². The molecule has 2 aromatic rings. The predicted molar refractivity (Wildman–Crippen MR) is 112 cm³/mol. The number of aliphatic hydroxyl groups is 2. The van der Waals surface area contributed by atoms with Crippen molar-refractivity contribution in [3.05, 3.63) is 41.3 Å². The molecule has 0 saturated heterocycles. The summed E-state index contributed by atoms with van der Waals surface area (Å²) in [7, 11) is 0. The molecule has 2 atom stereocenters. The van der Waals surface area contributed by atoms with Crippen molar-refractivity contribution in [2.75, 3.05) is 6.61 Å². The summed E-state index contributed by atoms with van der Waals surface area (Å²) in [5.41, 5.74) is 1.08. The molecule has 0 spiro atoms. The Hall–Kier alpha value is -1.98. The summed E-state index contributed by atoms with van der Waals surface area (Å²) in [6.45, 7) is 7.05. The topological polar surface area (TPSA) is 137 Å². The molecule has 176 valence electrons. The molecule has 0 aliphatic carbocycles. The molecule has 0 saturated carbocycles. The largest absolute Gasteiger partial charge is 1.00 e. The van der Waals surface area contributed by atoms with Gasteiger partial charge in [-0.3, -0.25) is 4.79 Å². The van der Waals surface area contributed by atoms with Crippen LogP contribution in [0.4, 0.5) is 4.39 Å². The average Bonchev–Trinajstić information content (AvgIpc) is 3.05. The van der Waals surface area contributed by atoms with E-state index in [1.165, 1.54) is 28.9 Å². The molecule has 0 fully saturated rings. The Balaban J connectivity index is 0.00000544. The second-order valence-electron chi connectivity index (χ2n) is 8.17. The minimum atomic E-state index is -1.43. The summed E-state index contributed by atoms with van der Waals surface area (Å²) in [6, 6.07) is 5.31. The Kier molecular flexibility index (Phi) is 11.5. The van der Waals surface area contributed by atoms with Crippen LogP contribution in [0.1, 0.15) is 62.5 Å². The van der Waals surface area contributed by atoms with Crippen LogP contribution in [0, 0.1) is 5.82 Å². The Labute approximate surface area is 214 Å². The van der Waals surface area contributed by atoms with E-state index < -0.39 is 36.3 Å². The van der Waals surface area contributed by atoms with Gasteiger partial charge in [-0.05, 0) is 44.0 Å². The number of rotatable bonds is 11. The zero-order valence-electron chi connectivity index (χ0n) is 19.5. The van der Waals surface area contributed by atoms with Gasteiger partial charge < -0.3 is 30.2 Å². The van der Waals surface area contributed by atoms with Gasteiger partial charge in [-0.2, -0.15) is 5.10 Å². The number of ether oxygens (including phenoxy) is 1. The molecule has 9 nitrogen and oxygen atoms in total. The standard InChI is InChI=1S/C22H30FN3O6.Na/c1-12(2)19-20(21(31)24-13(3)4)25-26(15-7-5-14(23)6-8-15)22(19)32-11-17(28)9-16(27)10-18(29)30;/h5-8,12-13,16-17,27-28H,9-11H2,1-4H3,(H,24,31)(H,29,30);/q;+1/p-1/t16-,17+;/m1./s1. The molecule has 1 heterocycles. The van der Waals surface area contributed by atoms with E-state index in [-0.39, 0.29) is 66.1 Å². The van der Waals surface area contributed by atoms with Crippen LogP contribution in [0.3, 0.4) is 0 Å². The first-order valence-corrected chi connectivity index (χ1v) is 10.4. The minimum absolute atomic E-state index is 0. The number of aliphatic carboxylic acids is 1. The van der Waals surface area contributed by atoms with Gasteiger partial charge in [0, 0.05) is 30.4 Å². The summed E-state index contributed by atoms with van der Waals surface area (Å²) in [5, 5.41) is 37.7. The Morgan fingerprint density at radius 2 is 1.76 bits per heavy atom. The second-order valence-corrected chi connectivity index (χ2v) is 8.17. The number of carbonyl (C=O) groups excluding carboxylic acids is 2. The van der Waals surface area contributed by atoms with E-state index in [9.17, 15) is 29.3 Å². The number of carbonyl (C=O) groups is 2. The van der Waals surface area contributed by atoms with Crippen LogP contribution in [-0.4, -0.2) is 56.7 Å². The molecule has 1 aromatic heterocycles. The summed E-state index contributed by atoms with van der Waals surface area (Å²) < 4.78 is 20.6. The Morgan fingerprint density at radius 1 is 1.15 bits per heavy atom. The van der Waals surface area contributed by atoms with E-state index in [1.54, 1.807) is 0 Å². The fourth-order valence-electron chi connectivity index (χ4n) is 3.16. The maximum absolute atomic E-state index is 13.4. The number of amides is 1. The molecule has 33 heavy (non-hydrogen) atoms. The predicted octanol–water partition coefficient (Wildman–Crippen LogP) is -2.09. The van der Waals surface area contributed by atoms with Crippen LogP contribution >= 0.6 is 0 Å². The minimum Gasteiger partial charge on any atom is -0.550 e. The van der Waals surface area contributed by atoms with Gasteiger partial charge in [0.15, 0.2) is 5.69 Å². The Bertz CT molecular complexity index is 933. The molecule has 3 N–H and O–H groups in total. The molecule has 1 aromatic carbocycles. The van der Waals surface area contributed by atoms with Crippen LogP contribution in [0.25, 0.3) is 5.69 Å². The molecule has 0 aliphatic heterocycles. The van der Waals surface area contributed by atoms with Crippen molar-refractivity contribution >= 4 is 11.9 Å². The molecule has 11 heteroatoms. The first-order chi connectivity index (χ1) is 15.0. The molecule has 2 rings (SSSR count). The van der Waals surface area contributed by atoms with Crippen molar-refractivity contribution in [2.45, 2.75) is 64.7 Å².